The molecule has 0 saturated carbocycles. The standard InChI is InChI=1S/C10H16N4/c1-8(4-10(2,3)7-11)14-6-9(12)5-13-14/h5-6,8H,4,12H2,1-3H3. The Morgan fingerprint density at radius 2 is 2.36 bits per heavy atom. The van der Waals surface area contributed by atoms with E-state index in [1.54, 1.807) is 17.1 Å². The molecule has 14 heavy (non-hydrogen) atoms. The van der Waals surface area contributed by atoms with Crippen LogP contribution in [0.1, 0.15) is 33.2 Å². The molecule has 1 rings (SSSR count). The molecule has 1 heterocycles. The van der Waals surface area contributed by atoms with Gasteiger partial charge in [0.2, 0.25) is 0 Å². The van der Waals surface area contributed by atoms with Crippen LogP contribution in [0.5, 0.6) is 0 Å². The van der Waals surface area contributed by atoms with Gasteiger partial charge in [0.25, 0.3) is 0 Å². The molecular weight excluding hydrogens is 176 g/mol. The normalized spacial score (nSPS) is 13.6. The summed E-state index contributed by atoms with van der Waals surface area (Å²) in [7, 11) is 0. The molecule has 76 valence electrons. The van der Waals surface area contributed by atoms with Crippen molar-refractivity contribution in [1.82, 2.24) is 9.78 Å². The molecule has 0 aliphatic rings. The largest absolute Gasteiger partial charge is 0.396 e. The zero-order chi connectivity index (χ0) is 10.8. The minimum absolute atomic E-state index is 0.196. The first-order chi connectivity index (χ1) is 6.44. The summed E-state index contributed by atoms with van der Waals surface area (Å²) in [4.78, 5) is 0. The molecule has 1 unspecified atom stereocenters. The average molecular weight is 192 g/mol. The highest BCUT2D eigenvalue weighted by Gasteiger charge is 2.21. The summed E-state index contributed by atoms with van der Waals surface area (Å²) in [6.45, 7) is 5.89. The van der Waals surface area contributed by atoms with Gasteiger partial charge in [-0.3, -0.25) is 4.68 Å². The quantitative estimate of drug-likeness (QED) is 0.796. The molecule has 0 spiro atoms. The van der Waals surface area contributed by atoms with Gasteiger partial charge < -0.3 is 5.73 Å². The molecular formula is C10H16N4. The molecule has 0 amide bonds. The van der Waals surface area contributed by atoms with Crippen LogP contribution in [0.15, 0.2) is 12.4 Å². The highest BCUT2D eigenvalue weighted by atomic mass is 15.3. The van der Waals surface area contributed by atoms with Crippen LogP contribution >= 0.6 is 0 Å². The van der Waals surface area contributed by atoms with Gasteiger partial charge in [-0.2, -0.15) is 10.4 Å². The van der Waals surface area contributed by atoms with E-state index in [1.165, 1.54) is 0 Å². The number of hydrogen-bond acceptors (Lipinski definition) is 3. The van der Waals surface area contributed by atoms with Crippen LogP contribution in [0.25, 0.3) is 0 Å². The van der Waals surface area contributed by atoms with Crippen molar-refractivity contribution in [3.63, 3.8) is 0 Å². The predicted molar refractivity (Wildman–Crippen MR) is 55.4 cm³/mol. The molecule has 0 aromatic carbocycles. The molecule has 0 bridgehead atoms. The molecule has 2 N–H and O–H groups in total. The van der Waals surface area contributed by atoms with Gasteiger partial charge in [0, 0.05) is 6.20 Å². The Balaban J connectivity index is 2.69. The maximum atomic E-state index is 8.89. The first kappa shape index (κ1) is 10.6. The van der Waals surface area contributed by atoms with E-state index in [0.717, 1.165) is 6.42 Å². The first-order valence-corrected chi connectivity index (χ1v) is 4.65. The predicted octanol–water partition coefficient (Wildman–Crippen LogP) is 1.97. The van der Waals surface area contributed by atoms with Gasteiger partial charge in [-0.1, -0.05) is 0 Å². The zero-order valence-electron chi connectivity index (χ0n) is 8.86. The minimum atomic E-state index is -0.319. The number of nitrogens with two attached hydrogens (primary N) is 1. The lowest BCUT2D eigenvalue weighted by Crippen LogP contribution is -2.16. The van der Waals surface area contributed by atoms with Crippen molar-refractivity contribution in [2.45, 2.75) is 33.2 Å². The fourth-order valence-electron chi connectivity index (χ4n) is 1.47. The summed E-state index contributed by atoms with van der Waals surface area (Å²) in [6, 6.07) is 2.47. The van der Waals surface area contributed by atoms with Crippen LogP contribution in [-0.4, -0.2) is 9.78 Å². The monoisotopic (exact) mass is 192 g/mol. The lowest BCUT2D eigenvalue weighted by molar-refractivity contribution is 0.336. The van der Waals surface area contributed by atoms with Crippen molar-refractivity contribution in [2.24, 2.45) is 5.41 Å². The van der Waals surface area contributed by atoms with Crippen LogP contribution in [0, 0.1) is 16.7 Å². The number of nitriles is 1. The van der Waals surface area contributed by atoms with Gasteiger partial charge in [0.15, 0.2) is 0 Å². The Hall–Kier alpha value is -1.50. The summed E-state index contributed by atoms with van der Waals surface area (Å²) < 4.78 is 1.80. The highest BCUT2D eigenvalue weighted by molar-refractivity contribution is 5.30. The molecule has 0 fully saturated rings. The van der Waals surface area contributed by atoms with Gasteiger partial charge in [0.1, 0.15) is 0 Å². The second-order valence-electron chi connectivity index (χ2n) is 4.30. The molecule has 4 nitrogen and oxygen atoms in total. The van der Waals surface area contributed by atoms with E-state index in [0.29, 0.717) is 5.69 Å². The average Bonchev–Trinajstić information content (AvgIpc) is 2.51. The molecule has 4 heteroatoms. The number of nitrogens with zero attached hydrogens (tertiary/aromatic N) is 3. The fraction of sp³-hybridized carbons (Fsp3) is 0.600. The van der Waals surface area contributed by atoms with Crippen molar-refractivity contribution in [3.05, 3.63) is 12.4 Å². The van der Waals surface area contributed by atoms with Gasteiger partial charge in [0.05, 0.1) is 29.4 Å². The van der Waals surface area contributed by atoms with E-state index >= 15 is 0 Å². The maximum absolute atomic E-state index is 8.89. The number of nitrogen functional groups attached to an aromatic ring is 1. The van der Waals surface area contributed by atoms with Crippen LogP contribution in [0.2, 0.25) is 0 Å². The molecule has 1 aromatic heterocycles. The molecule has 0 aliphatic carbocycles. The lowest BCUT2D eigenvalue weighted by atomic mass is 9.88. The minimum Gasteiger partial charge on any atom is -0.396 e. The third kappa shape index (κ3) is 2.49. The van der Waals surface area contributed by atoms with Crippen molar-refractivity contribution >= 4 is 5.69 Å². The summed E-state index contributed by atoms with van der Waals surface area (Å²) >= 11 is 0. The SMILES string of the molecule is CC(CC(C)(C)C#N)n1cc(N)cn1. The zero-order valence-corrected chi connectivity index (χ0v) is 8.86. The summed E-state index contributed by atoms with van der Waals surface area (Å²) in [6.07, 6.45) is 4.18. The van der Waals surface area contributed by atoms with Crippen molar-refractivity contribution < 1.29 is 0 Å². The van der Waals surface area contributed by atoms with E-state index in [9.17, 15) is 0 Å². The van der Waals surface area contributed by atoms with E-state index in [1.807, 2.05) is 20.8 Å². The Morgan fingerprint density at radius 3 is 2.79 bits per heavy atom. The fourth-order valence-corrected chi connectivity index (χ4v) is 1.47. The van der Waals surface area contributed by atoms with Gasteiger partial charge in [-0.25, -0.2) is 0 Å². The maximum Gasteiger partial charge on any atom is 0.0719 e. The number of hydrogen-bond donors (Lipinski definition) is 1. The van der Waals surface area contributed by atoms with Crippen LogP contribution in [-0.2, 0) is 0 Å². The molecule has 0 saturated heterocycles. The molecule has 0 radical (unpaired) electrons. The number of rotatable bonds is 3. The van der Waals surface area contributed by atoms with Gasteiger partial charge in [-0.15, -0.1) is 0 Å². The van der Waals surface area contributed by atoms with Crippen LogP contribution in [0.4, 0.5) is 5.69 Å². The lowest BCUT2D eigenvalue weighted by Gasteiger charge is -2.20. The third-order valence-electron chi connectivity index (χ3n) is 2.18. The van der Waals surface area contributed by atoms with Gasteiger partial charge in [-0.05, 0) is 27.2 Å². The Kier molecular flexibility index (Phi) is 2.80. The summed E-state index contributed by atoms with van der Waals surface area (Å²) in [5.74, 6) is 0. The van der Waals surface area contributed by atoms with Crippen LogP contribution < -0.4 is 5.73 Å². The Bertz CT molecular complexity index is 345. The van der Waals surface area contributed by atoms with Crippen molar-refractivity contribution in [3.8, 4) is 6.07 Å². The second-order valence-corrected chi connectivity index (χ2v) is 4.30. The summed E-state index contributed by atoms with van der Waals surface area (Å²) in [5.41, 5.74) is 5.90. The Morgan fingerprint density at radius 1 is 1.71 bits per heavy atom. The van der Waals surface area contributed by atoms with E-state index in [-0.39, 0.29) is 11.5 Å². The van der Waals surface area contributed by atoms with E-state index < -0.39 is 0 Å². The topological polar surface area (TPSA) is 67.6 Å². The van der Waals surface area contributed by atoms with Crippen LogP contribution in [0.3, 0.4) is 0 Å². The molecule has 1 atom stereocenters. The highest BCUT2D eigenvalue weighted by Crippen LogP contribution is 2.26. The number of aromatic nitrogens is 2. The van der Waals surface area contributed by atoms with E-state index in [4.69, 9.17) is 11.0 Å². The number of anilines is 1. The Labute approximate surface area is 84.3 Å². The first-order valence-electron chi connectivity index (χ1n) is 4.65. The third-order valence-corrected chi connectivity index (χ3v) is 2.18. The van der Waals surface area contributed by atoms with E-state index in [2.05, 4.69) is 11.2 Å². The summed E-state index contributed by atoms with van der Waals surface area (Å²) in [5, 5.41) is 13.0. The second kappa shape index (κ2) is 3.70. The smallest absolute Gasteiger partial charge is 0.0719 e. The van der Waals surface area contributed by atoms with Gasteiger partial charge >= 0.3 is 0 Å². The van der Waals surface area contributed by atoms with Crippen molar-refractivity contribution in [2.75, 3.05) is 5.73 Å². The molecule has 1 aromatic rings. The molecule has 0 aliphatic heterocycles. The van der Waals surface area contributed by atoms with Crippen molar-refractivity contribution in [1.29, 1.82) is 5.26 Å².